The molecule has 0 amide bonds. The molecular weight excluding hydrogens is 258 g/mol. The van der Waals surface area contributed by atoms with Crippen LogP contribution in [0.3, 0.4) is 0 Å². The second kappa shape index (κ2) is 5.89. The Morgan fingerprint density at radius 3 is 2.71 bits per heavy atom. The van der Waals surface area contributed by atoms with Crippen LogP contribution in [-0.2, 0) is 0 Å². The molecule has 2 N–H and O–H groups in total. The summed E-state index contributed by atoms with van der Waals surface area (Å²) in [5.41, 5.74) is 0. The Labute approximate surface area is 110 Å². The van der Waals surface area contributed by atoms with E-state index >= 15 is 0 Å². The highest BCUT2D eigenvalue weighted by Gasteiger charge is 2.19. The third-order valence-electron chi connectivity index (χ3n) is 2.91. The number of nitrogens with zero attached hydrogens (tertiary/aromatic N) is 2. The minimum absolute atomic E-state index is 0.135. The zero-order valence-electron chi connectivity index (χ0n) is 9.69. The van der Waals surface area contributed by atoms with Crippen molar-refractivity contribution in [3.63, 3.8) is 0 Å². The van der Waals surface area contributed by atoms with Gasteiger partial charge in [-0.15, -0.1) is 0 Å². The van der Waals surface area contributed by atoms with Crippen LogP contribution in [0, 0.1) is 0 Å². The average Bonchev–Trinajstić information content (AvgIpc) is 2.31. The highest BCUT2D eigenvalue weighted by Crippen LogP contribution is 2.23. The van der Waals surface area contributed by atoms with Gasteiger partial charge in [0.25, 0.3) is 0 Å². The molecule has 0 aliphatic heterocycles. The van der Waals surface area contributed by atoms with E-state index in [0.29, 0.717) is 16.4 Å². The van der Waals surface area contributed by atoms with Gasteiger partial charge in [-0.25, -0.2) is 9.97 Å². The van der Waals surface area contributed by atoms with Crippen molar-refractivity contribution in [1.29, 1.82) is 0 Å². The first kappa shape index (κ1) is 12.9. The first-order valence-electron chi connectivity index (χ1n) is 5.70. The van der Waals surface area contributed by atoms with Crippen LogP contribution in [0.5, 0.6) is 0 Å². The van der Waals surface area contributed by atoms with Crippen LogP contribution >= 0.6 is 23.4 Å². The van der Waals surface area contributed by atoms with Crippen molar-refractivity contribution in [2.24, 2.45) is 0 Å². The molecule has 0 spiro atoms. The molecule has 1 aliphatic rings. The molecule has 1 aliphatic carbocycles. The maximum atomic E-state index is 9.44. The molecule has 94 valence electrons. The second-order valence-electron chi connectivity index (χ2n) is 4.21. The maximum Gasteiger partial charge on any atom is 0.190 e. The van der Waals surface area contributed by atoms with E-state index in [-0.39, 0.29) is 6.10 Å². The van der Waals surface area contributed by atoms with E-state index in [1.807, 2.05) is 6.26 Å². The molecule has 1 aromatic rings. The normalized spacial score (nSPS) is 24.6. The number of hydrogen-bond acceptors (Lipinski definition) is 5. The Hall–Kier alpha value is -0.520. The minimum atomic E-state index is -0.135. The van der Waals surface area contributed by atoms with E-state index in [4.69, 9.17) is 11.6 Å². The van der Waals surface area contributed by atoms with Crippen LogP contribution in [0.25, 0.3) is 0 Å². The molecule has 0 aromatic carbocycles. The third-order valence-corrected chi connectivity index (χ3v) is 3.65. The SMILES string of the molecule is CSc1nc(Cl)cc(NC2CCC(O)CC2)n1. The molecule has 17 heavy (non-hydrogen) atoms. The van der Waals surface area contributed by atoms with Gasteiger partial charge in [-0.2, -0.15) is 0 Å². The average molecular weight is 274 g/mol. The second-order valence-corrected chi connectivity index (χ2v) is 5.37. The van der Waals surface area contributed by atoms with Gasteiger partial charge < -0.3 is 10.4 Å². The number of aliphatic hydroxyl groups excluding tert-OH is 1. The van der Waals surface area contributed by atoms with Crippen molar-refractivity contribution in [2.75, 3.05) is 11.6 Å². The molecule has 2 rings (SSSR count). The number of halogens is 1. The molecule has 4 nitrogen and oxygen atoms in total. The summed E-state index contributed by atoms with van der Waals surface area (Å²) in [5.74, 6) is 0.774. The number of nitrogens with one attached hydrogen (secondary N) is 1. The Bertz CT molecular complexity index is 383. The van der Waals surface area contributed by atoms with Crippen LogP contribution < -0.4 is 5.32 Å². The van der Waals surface area contributed by atoms with Crippen molar-refractivity contribution in [2.45, 2.75) is 43.0 Å². The zero-order valence-corrected chi connectivity index (χ0v) is 11.3. The largest absolute Gasteiger partial charge is 0.393 e. The Balaban J connectivity index is 2.00. The van der Waals surface area contributed by atoms with Crippen molar-refractivity contribution in [1.82, 2.24) is 9.97 Å². The molecule has 0 unspecified atom stereocenters. The fourth-order valence-electron chi connectivity index (χ4n) is 1.99. The molecule has 1 fully saturated rings. The lowest BCUT2D eigenvalue weighted by Crippen LogP contribution is -2.28. The van der Waals surface area contributed by atoms with E-state index in [9.17, 15) is 5.11 Å². The van der Waals surface area contributed by atoms with Crippen LogP contribution in [0.4, 0.5) is 5.82 Å². The Morgan fingerprint density at radius 1 is 1.35 bits per heavy atom. The van der Waals surface area contributed by atoms with Gasteiger partial charge in [0.1, 0.15) is 11.0 Å². The number of thioether (sulfide) groups is 1. The van der Waals surface area contributed by atoms with Crippen LogP contribution in [-0.4, -0.2) is 33.5 Å². The van der Waals surface area contributed by atoms with E-state index in [0.717, 1.165) is 31.5 Å². The Kier molecular flexibility index (Phi) is 4.48. The smallest absolute Gasteiger partial charge is 0.190 e. The summed E-state index contributed by atoms with van der Waals surface area (Å²) in [6.07, 6.45) is 5.43. The van der Waals surface area contributed by atoms with Crippen molar-refractivity contribution in [3.8, 4) is 0 Å². The fourth-order valence-corrected chi connectivity index (χ4v) is 2.60. The van der Waals surface area contributed by atoms with Gasteiger partial charge in [0.15, 0.2) is 5.16 Å². The number of aliphatic hydroxyl groups is 1. The Morgan fingerprint density at radius 2 is 2.06 bits per heavy atom. The molecule has 0 saturated heterocycles. The summed E-state index contributed by atoms with van der Waals surface area (Å²) < 4.78 is 0. The van der Waals surface area contributed by atoms with Crippen molar-refractivity contribution < 1.29 is 5.11 Å². The molecule has 1 aromatic heterocycles. The van der Waals surface area contributed by atoms with Gasteiger partial charge in [0, 0.05) is 12.1 Å². The van der Waals surface area contributed by atoms with Gasteiger partial charge in [-0.3, -0.25) is 0 Å². The number of rotatable bonds is 3. The van der Waals surface area contributed by atoms with Crippen LogP contribution in [0.2, 0.25) is 5.15 Å². The van der Waals surface area contributed by atoms with Gasteiger partial charge in [0.2, 0.25) is 0 Å². The predicted molar refractivity (Wildman–Crippen MR) is 70.7 cm³/mol. The summed E-state index contributed by atoms with van der Waals surface area (Å²) in [7, 11) is 0. The van der Waals surface area contributed by atoms with Gasteiger partial charge in [-0.05, 0) is 31.9 Å². The van der Waals surface area contributed by atoms with E-state index in [1.165, 1.54) is 11.8 Å². The van der Waals surface area contributed by atoms with Crippen molar-refractivity contribution in [3.05, 3.63) is 11.2 Å². The minimum Gasteiger partial charge on any atom is -0.393 e. The molecule has 0 radical (unpaired) electrons. The summed E-state index contributed by atoms with van der Waals surface area (Å²) in [5, 5.41) is 13.9. The molecule has 0 atom stereocenters. The summed E-state index contributed by atoms with van der Waals surface area (Å²) in [6, 6.07) is 2.12. The first-order valence-corrected chi connectivity index (χ1v) is 7.31. The van der Waals surface area contributed by atoms with Gasteiger partial charge >= 0.3 is 0 Å². The lowest BCUT2D eigenvalue weighted by Gasteiger charge is -2.26. The van der Waals surface area contributed by atoms with Crippen molar-refractivity contribution >= 4 is 29.2 Å². The highest BCUT2D eigenvalue weighted by atomic mass is 35.5. The van der Waals surface area contributed by atoms with E-state index in [2.05, 4.69) is 15.3 Å². The van der Waals surface area contributed by atoms with Gasteiger partial charge in [0.05, 0.1) is 6.10 Å². The molecular formula is C11H16ClN3OS. The van der Waals surface area contributed by atoms with E-state index in [1.54, 1.807) is 6.07 Å². The third kappa shape index (κ3) is 3.72. The lowest BCUT2D eigenvalue weighted by atomic mass is 9.93. The van der Waals surface area contributed by atoms with Gasteiger partial charge in [-0.1, -0.05) is 23.4 Å². The lowest BCUT2D eigenvalue weighted by molar-refractivity contribution is 0.126. The molecule has 1 saturated carbocycles. The first-order chi connectivity index (χ1) is 8.17. The molecule has 6 heteroatoms. The maximum absolute atomic E-state index is 9.44. The molecule has 1 heterocycles. The van der Waals surface area contributed by atoms with E-state index < -0.39 is 0 Å². The fraction of sp³-hybridized carbons (Fsp3) is 0.636. The van der Waals surface area contributed by atoms with Crippen LogP contribution in [0.1, 0.15) is 25.7 Å². The zero-order chi connectivity index (χ0) is 12.3. The summed E-state index contributed by atoms with van der Waals surface area (Å²) >= 11 is 7.40. The summed E-state index contributed by atoms with van der Waals surface area (Å²) in [6.45, 7) is 0. The molecule has 0 bridgehead atoms. The van der Waals surface area contributed by atoms with Crippen LogP contribution in [0.15, 0.2) is 11.2 Å². The summed E-state index contributed by atoms with van der Waals surface area (Å²) in [4.78, 5) is 8.45. The predicted octanol–water partition coefficient (Wildman–Crippen LogP) is 2.57. The topological polar surface area (TPSA) is 58.0 Å². The standard InChI is InChI=1S/C11H16ClN3OS/c1-17-11-14-9(12)6-10(15-11)13-7-2-4-8(16)5-3-7/h6-8,16H,2-5H2,1H3,(H,13,14,15). The quantitative estimate of drug-likeness (QED) is 0.504. The number of aromatic nitrogens is 2. The highest BCUT2D eigenvalue weighted by molar-refractivity contribution is 7.98. The number of anilines is 1. The monoisotopic (exact) mass is 273 g/mol. The number of hydrogen-bond donors (Lipinski definition) is 2.